The quantitative estimate of drug-likeness (QED) is 0.384. The van der Waals surface area contributed by atoms with Crippen LogP contribution in [-0.4, -0.2) is 23.8 Å². The largest absolute Gasteiger partial charge is 0.494 e. The highest BCUT2D eigenvalue weighted by atomic mass is 35.5. The van der Waals surface area contributed by atoms with Crippen LogP contribution in [0, 0.1) is 6.92 Å². The Morgan fingerprint density at radius 2 is 1.86 bits per heavy atom. The number of halogens is 1. The van der Waals surface area contributed by atoms with E-state index in [1.807, 2.05) is 38.1 Å². The van der Waals surface area contributed by atoms with Crippen molar-refractivity contribution in [1.82, 2.24) is 4.57 Å². The van der Waals surface area contributed by atoms with Crippen LogP contribution in [0.2, 0.25) is 5.02 Å². The van der Waals surface area contributed by atoms with Gasteiger partial charge in [-0.05, 0) is 86.2 Å². The number of nitrogens with zero attached hydrogens (tertiary/aromatic N) is 2. The van der Waals surface area contributed by atoms with Gasteiger partial charge in [-0.25, -0.2) is 9.79 Å². The zero-order chi connectivity index (χ0) is 26.9. The molecule has 6 nitrogen and oxygen atoms in total. The smallest absolute Gasteiger partial charge is 0.338 e. The molecule has 2 heterocycles. The van der Waals surface area contributed by atoms with Crippen molar-refractivity contribution in [3.8, 4) is 5.75 Å². The molecule has 0 N–H and O–H groups in total. The van der Waals surface area contributed by atoms with Crippen molar-refractivity contribution in [1.29, 1.82) is 0 Å². The lowest BCUT2D eigenvalue weighted by molar-refractivity contribution is -0.139. The third kappa shape index (κ3) is 5.29. The molecule has 37 heavy (non-hydrogen) atoms. The lowest BCUT2D eigenvalue weighted by atomic mass is 9.95. The number of ether oxygens (including phenoxy) is 2. The van der Waals surface area contributed by atoms with Crippen LogP contribution in [0.5, 0.6) is 5.75 Å². The molecule has 0 spiro atoms. The monoisotopic (exact) mass is 538 g/mol. The van der Waals surface area contributed by atoms with Crippen molar-refractivity contribution in [2.45, 2.75) is 53.5 Å². The molecule has 1 aliphatic heterocycles. The molecule has 0 radical (unpaired) electrons. The first-order chi connectivity index (χ1) is 17.7. The van der Waals surface area contributed by atoms with E-state index in [-0.39, 0.29) is 18.1 Å². The normalized spacial score (nSPS) is 15.6. The lowest BCUT2D eigenvalue weighted by Crippen LogP contribution is -2.39. The minimum absolute atomic E-state index is 0.211. The number of benzene rings is 2. The van der Waals surface area contributed by atoms with Crippen molar-refractivity contribution < 1.29 is 14.3 Å². The number of fused-ring (bicyclic) bond motifs is 1. The molecule has 1 atom stereocenters. The summed E-state index contributed by atoms with van der Waals surface area (Å²) in [5, 5.41) is 0.571. The summed E-state index contributed by atoms with van der Waals surface area (Å²) < 4.78 is 13.3. The molecule has 0 saturated heterocycles. The van der Waals surface area contributed by atoms with Crippen LogP contribution in [0.4, 0.5) is 0 Å². The summed E-state index contributed by atoms with van der Waals surface area (Å²) in [6.45, 7) is 12.6. The molecule has 0 amide bonds. The second-order valence-corrected chi connectivity index (χ2v) is 10.6. The summed E-state index contributed by atoms with van der Waals surface area (Å²) in [4.78, 5) is 32.1. The number of hydrogen-bond donors (Lipinski definition) is 0. The van der Waals surface area contributed by atoms with Gasteiger partial charge in [0, 0.05) is 5.02 Å². The van der Waals surface area contributed by atoms with E-state index in [1.165, 1.54) is 11.3 Å². The molecule has 2 aromatic carbocycles. The number of esters is 1. The van der Waals surface area contributed by atoms with Crippen LogP contribution in [-0.2, 0) is 9.53 Å². The second-order valence-electron chi connectivity index (χ2n) is 9.19. The van der Waals surface area contributed by atoms with Crippen molar-refractivity contribution in [2.24, 2.45) is 4.99 Å². The highest BCUT2D eigenvalue weighted by molar-refractivity contribution is 7.07. The number of hydrogen-bond acceptors (Lipinski definition) is 6. The maximum Gasteiger partial charge on any atom is 0.338 e. The van der Waals surface area contributed by atoms with Crippen LogP contribution in [0.25, 0.3) is 6.08 Å². The number of carbonyl (C=O) groups excluding carboxylic acids is 1. The Kier molecular flexibility index (Phi) is 8.05. The molecule has 3 aromatic rings. The van der Waals surface area contributed by atoms with Gasteiger partial charge in [0.1, 0.15) is 5.75 Å². The van der Waals surface area contributed by atoms with Crippen molar-refractivity contribution in [2.75, 3.05) is 13.2 Å². The summed E-state index contributed by atoms with van der Waals surface area (Å²) in [5.74, 6) is 0.642. The minimum atomic E-state index is -0.664. The molecule has 0 unspecified atom stereocenters. The Morgan fingerprint density at radius 3 is 2.49 bits per heavy atom. The van der Waals surface area contributed by atoms with Crippen LogP contribution < -0.4 is 19.6 Å². The van der Waals surface area contributed by atoms with E-state index in [0.29, 0.717) is 32.2 Å². The van der Waals surface area contributed by atoms with Crippen LogP contribution in [0.15, 0.2) is 57.5 Å². The highest BCUT2D eigenvalue weighted by Crippen LogP contribution is 2.32. The van der Waals surface area contributed by atoms with Crippen molar-refractivity contribution in [3.05, 3.63) is 94.6 Å². The zero-order valence-corrected chi connectivity index (χ0v) is 23.5. The highest BCUT2D eigenvalue weighted by Gasteiger charge is 2.33. The van der Waals surface area contributed by atoms with Gasteiger partial charge in [0.2, 0.25) is 0 Å². The summed E-state index contributed by atoms with van der Waals surface area (Å²) in [6.07, 6.45) is 1.91. The number of carbonyl (C=O) groups is 1. The third-order valence-corrected chi connectivity index (χ3v) is 7.54. The van der Waals surface area contributed by atoms with E-state index < -0.39 is 12.0 Å². The Hall–Kier alpha value is -3.16. The van der Waals surface area contributed by atoms with E-state index in [2.05, 4.69) is 24.9 Å². The van der Waals surface area contributed by atoms with E-state index in [4.69, 9.17) is 21.1 Å². The number of thiazole rings is 1. The fourth-order valence-corrected chi connectivity index (χ4v) is 5.66. The van der Waals surface area contributed by atoms with E-state index in [1.54, 1.807) is 30.5 Å². The Morgan fingerprint density at radius 1 is 1.16 bits per heavy atom. The predicted molar refractivity (Wildman–Crippen MR) is 148 cm³/mol. The Labute approximate surface area is 225 Å². The lowest BCUT2D eigenvalue weighted by Gasteiger charge is -2.24. The van der Waals surface area contributed by atoms with Gasteiger partial charge in [-0.3, -0.25) is 9.36 Å². The molecule has 1 aromatic heterocycles. The first-order valence-corrected chi connectivity index (χ1v) is 13.6. The fraction of sp³-hybridized carbons (Fsp3) is 0.345. The van der Waals surface area contributed by atoms with Gasteiger partial charge in [0.25, 0.3) is 5.56 Å². The molecule has 1 aliphatic rings. The standard InChI is InChI=1S/C29H31ClN2O4S/c1-7-35-23-13-17(5)20(14-22(23)16(3)4)15-24-27(33)32-26(19-9-11-21(30)12-10-19)25(28(34)36-8-2)18(6)31-29(32)37-24/h9-16,26H,7-8H2,1-6H3/b24-15-/t26-/m1/s1. The first kappa shape index (κ1) is 26.9. The molecular weight excluding hydrogens is 508 g/mol. The van der Waals surface area contributed by atoms with Gasteiger partial charge >= 0.3 is 5.97 Å². The van der Waals surface area contributed by atoms with Crippen molar-refractivity contribution in [3.63, 3.8) is 0 Å². The maximum atomic E-state index is 13.9. The van der Waals surface area contributed by atoms with Gasteiger partial charge in [0.15, 0.2) is 4.80 Å². The third-order valence-electron chi connectivity index (χ3n) is 6.31. The van der Waals surface area contributed by atoms with Gasteiger partial charge < -0.3 is 9.47 Å². The van der Waals surface area contributed by atoms with Crippen LogP contribution in [0.1, 0.15) is 68.8 Å². The number of rotatable bonds is 7. The topological polar surface area (TPSA) is 69.9 Å². The molecule has 0 saturated carbocycles. The number of aryl methyl sites for hydroxylation is 1. The molecule has 0 bridgehead atoms. The number of allylic oxidation sites excluding steroid dienone is 1. The summed E-state index contributed by atoms with van der Waals surface area (Å²) in [5.41, 5.74) is 4.48. The first-order valence-electron chi connectivity index (χ1n) is 12.4. The SMILES string of the molecule is CCOC(=O)C1=C(C)N=c2s/c(=C\c3cc(C(C)C)c(OCC)cc3C)c(=O)n2[C@@H]1c1ccc(Cl)cc1. The van der Waals surface area contributed by atoms with E-state index >= 15 is 0 Å². The van der Waals surface area contributed by atoms with Gasteiger partial charge in [-0.2, -0.15) is 0 Å². The molecule has 4 rings (SSSR count). The maximum absolute atomic E-state index is 13.9. The second kappa shape index (κ2) is 11.1. The minimum Gasteiger partial charge on any atom is -0.494 e. The van der Waals surface area contributed by atoms with Crippen LogP contribution in [0.3, 0.4) is 0 Å². The number of aromatic nitrogens is 1. The van der Waals surface area contributed by atoms with Gasteiger partial charge in [-0.1, -0.05) is 48.9 Å². The average Bonchev–Trinajstić information content (AvgIpc) is 3.14. The predicted octanol–water partition coefficient (Wildman–Crippen LogP) is 5.28. The Bertz CT molecular complexity index is 1550. The zero-order valence-electron chi connectivity index (χ0n) is 21.9. The van der Waals surface area contributed by atoms with Gasteiger partial charge in [-0.15, -0.1) is 0 Å². The van der Waals surface area contributed by atoms with E-state index in [0.717, 1.165) is 28.0 Å². The average molecular weight is 539 g/mol. The summed E-state index contributed by atoms with van der Waals surface area (Å²) >= 11 is 7.44. The molecule has 0 fully saturated rings. The molecule has 8 heteroatoms. The molecule has 194 valence electrons. The Balaban J connectivity index is 1.94. The van der Waals surface area contributed by atoms with E-state index in [9.17, 15) is 9.59 Å². The van der Waals surface area contributed by atoms with Crippen molar-refractivity contribution >= 4 is 35.0 Å². The summed E-state index contributed by atoms with van der Waals surface area (Å²) in [7, 11) is 0. The molecule has 0 aliphatic carbocycles. The molecular formula is C29H31ClN2O4S. The fourth-order valence-electron chi connectivity index (χ4n) is 4.50. The van der Waals surface area contributed by atoms with Crippen LogP contribution >= 0.6 is 22.9 Å². The summed E-state index contributed by atoms with van der Waals surface area (Å²) in [6, 6.07) is 10.6. The van der Waals surface area contributed by atoms with Gasteiger partial charge in [0.05, 0.1) is 35.1 Å².